The molecule has 214 valence electrons. The van der Waals surface area contributed by atoms with Gasteiger partial charge in [-0.25, -0.2) is 0 Å². The summed E-state index contributed by atoms with van der Waals surface area (Å²) in [6, 6.07) is 13.7. The molecule has 0 radical (unpaired) electrons. The smallest absolute Gasteiger partial charge is 0.247 e. The number of anilines is 1. The van der Waals surface area contributed by atoms with E-state index in [-0.39, 0.29) is 35.6 Å². The zero-order valence-electron chi connectivity index (χ0n) is 24.1. The Morgan fingerprint density at radius 2 is 1.62 bits per heavy atom. The third kappa shape index (κ3) is 5.59. The Bertz CT molecular complexity index is 1200. The number of nitrogens with one attached hydrogen (secondary N) is 2. The minimum Gasteiger partial charge on any atom is -0.378 e. The number of piperazine rings is 1. The summed E-state index contributed by atoms with van der Waals surface area (Å²) in [5.74, 6) is -0.788. The molecule has 4 atom stereocenters. The van der Waals surface area contributed by atoms with Crippen LogP contribution in [0.3, 0.4) is 0 Å². The van der Waals surface area contributed by atoms with Crippen LogP contribution in [0.25, 0.3) is 0 Å². The molecule has 1 aliphatic carbocycles. The Kier molecular flexibility index (Phi) is 8.45. The minimum absolute atomic E-state index is 0.0493. The molecule has 2 heterocycles. The van der Waals surface area contributed by atoms with E-state index in [1.165, 1.54) is 11.1 Å². The molecule has 2 saturated heterocycles. The highest BCUT2D eigenvalue weighted by atomic mass is 16.5. The fraction of sp³-hybridized carbons (Fsp3) is 0.531. The number of carbonyl (C=O) groups is 3. The SMILES string of the molecule is CC[C@@H](C)[C@@H]1C(=O)N[C@H](C2Cc3ccccc3C2)C(=O)N1[C@@H](C(=O)NC(C)C)c1ccc(N2CCOCC2)cc1. The molecular formula is C32H42N4O4. The first-order chi connectivity index (χ1) is 19.3. The average molecular weight is 547 g/mol. The van der Waals surface area contributed by atoms with Gasteiger partial charge < -0.3 is 25.2 Å². The molecule has 0 unspecified atom stereocenters. The lowest BCUT2D eigenvalue weighted by atomic mass is 9.86. The van der Waals surface area contributed by atoms with Crippen LogP contribution in [0.5, 0.6) is 0 Å². The first kappa shape index (κ1) is 28.1. The van der Waals surface area contributed by atoms with E-state index in [1.807, 2.05) is 64.1 Å². The van der Waals surface area contributed by atoms with Crippen molar-refractivity contribution in [3.05, 3.63) is 65.2 Å². The molecule has 2 N–H and O–H groups in total. The van der Waals surface area contributed by atoms with Gasteiger partial charge in [0, 0.05) is 24.8 Å². The largest absolute Gasteiger partial charge is 0.378 e. The molecule has 0 bridgehead atoms. The summed E-state index contributed by atoms with van der Waals surface area (Å²) in [4.78, 5) is 46.0. The molecule has 3 amide bonds. The number of morpholine rings is 1. The number of hydrogen-bond donors (Lipinski definition) is 2. The molecule has 5 rings (SSSR count). The van der Waals surface area contributed by atoms with Crippen LogP contribution in [0.2, 0.25) is 0 Å². The fourth-order valence-electron chi connectivity index (χ4n) is 6.41. The molecule has 3 aliphatic rings. The Labute approximate surface area is 237 Å². The summed E-state index contributed by atoms with van der Waals surface area (Å²) < 4.78 is 5.49. The second-order valence-corrected chi connectivity index (χ2v) is 11.8. The van der Waals surface area contributed by atoms with Crippen molar-refractivity contribution in [2.45, 2.75) is 71.1 Å². The van der Waals surface area contributed by atoms with E-state index in [9.17, 15) is 14.4 Å². The Hall–Kier alpha value is -3.39. The molecular weight excluding hydrogens is 504 g/mol. The maximum atomic E-state index is 14.5. The van der Waals surface area contributed by atoms with E-state index in [2.05, 4.69) is 27.7 Å². The predicted molar refractivity (Wildman–Crippen MR) is 155 cm³/mol. The predicted octanol–water partition coefficient (Wildman–Crippen LogP) is 3.25. The maximum absolute atomic E-state index is 14.5. The summed E-state index contributed by atoms with van der Waals surface area (Å²) in [6.45, 7) is 10.8. The molecule has 2 aromatic rings. The van der Waals surface area contributed by atoms with E-state index in [4.69, 9.17) is 4.74 Å². The number of ether oxygens (including phenoxy) is 1. The van der Waals surface area contributed by atoms with Gasteiger partial charge in [-0.3, -0.25) is 14.4 Å². The van der Waals surface area contributed by atoms with E-state index >= 15 is 0 Å². The van der Waals surface area contributed by atoms with Crippen molar-refractivity contribution in [1.82, 2.24) is 15.5 Å². The molecule has 2 fully saturated rings. The van der Waals surface area contributed by atoms with Crippen molar-refractivity contribution in [2.75, 3.05) is 31.2 Å². The first-order valence-electron chi connectivity index (χ1n) is 14.7. The zero-order chi connectivity index (χ0) is 28.4. The normalized spacial score (nSPS) is 23.1. The topological polar surface area (TPSA) is 91.0 Å². The standard InChI is InChI=1S/C32H42N4O4/c1-5-21(4)28-30(37)34-27(25-18-23-8-6-7-9-24(23)19-25)32(39)36(28)29(31(38)33-20(2)3)22-10-12-26(13-11-22)35-14-16-40-17-15-35/h6-13,20-21,25,27-29H,5,14-19H2,1-4H3,(H,33,38)(H,34,37)/t21-,27-,28-,29-/m1/s1. The molecule has 8 nitrogen and oxygen atoms in total. The third-order valence-corrected chi connectivity index (χ3v) is 8.67. The summed E-state index contributed by atoms with van der Waals surface area (Å²) in [5.41, 5.74) is 4.20. The monoisotopic (exact) mass is 546 g/mol. The van der Waals surface area contributed by atoms with Crippen LogP contribution in [0.15, 0.2) is 48.5 Å². The van der Waals surface area contributed by atoms with Gasteiger partial charge in [-0.1, -0.05) is 56.7 Å². The van der Waals surface area contributed by atoms with Crippen LogP contribution < -0.4 is 15.5 Å². The van der Waals surface area contributed by atoms with Gasteiger partial charge in [-0.05, 0) is 67.3 Å². The van der Waals surface area contributed by atoms with Gasteiger partial charge in [-0.15, -0.1) is 0 Å². The average Bonchev–Trinajstić information content (AvgIpc) is 3.39. The van der Waals surface area contributed by atoms with Gasteiger partial charge in [0.1, 0.15) is 18.1 Å². The highest BCUT2D eigenvalue weighted by Gasteiger charge is 2.50. The summed E-state index contributed by atoms with van der Waals surface area (Å²) in [7, 11) is 0. The number of nitrogens with zero attached hydrogens (tertiary/aromatic N) is 2. The van der Waals surface area contributed by atoms with Crippen molar-refractivity contribution in [1.29, 1.82) is 0 Å². The zero-order valence-corrected chi connectivity index (χ0v) is 24.1. The van der Waals surface area contributed by atoms with E-state index in [0.717, 1.165) is 31.6 Å². The van der Waals surface area contributed by atoms with E-state index in [1.54, 1.807) is 4.90 Å². The molecule has 8 heteroatoms. The van der Waals surface area contributed by atoms with Crippen molar-refractivity contribution in [3.63, 3.8) is 0 Å². The van der Waals surface area contributed by atoms with Crippen LogP contribution in [0.1, 0.15) is 56.8 Å². The lowest BCUT2D eigenvalue weighted by Crippen LogP contribution is -2.68. The molecule has 0 saturated carbocycles. The van der Waals surface area contributed by atoms with E-state index < -0.39 is 18.1 Å². The molecule has 0 spiro atoms. The maximum Gasteiger partial charge on any atom is 0.247 e. The fourth-order valence-corrected chi connectivity index (χ4v) is 6.41. The second-order valence-electron chi connectivity index (χ2n) is 11.8. The van der Waals surface area contributed by atoms with Crippen molar-refractivity contribution in [3.8, 4) is 0 Å². The van der Waals surface area contributed by atoms with Crippen molar-refractivity contribution in [2.24, 2.45) is 11.8 Å². The molecule has 40 heavy (non-hydrogen) atoms. The van der Waals surface area contributed by atoms with Gasteiger partial charge in [0.2, 0.25) is 17.7 Å². The van der Waals surface area contributed by atoms with Crippen LogP contribution >= 0.6 is 0 Å². The number of amides is 3. The van der Waals surface area contributed by atoms with Gasteiger partial charge in [0.15, 0.2) is 0 Å². The molecule has 2 aromatic carbocycles. The highest BCUT2D eigenvalue weighted by Crippen LogP contribution is 2.36. The quantitative estimate of drug-likeness (QED) is 0.531. The van der Waals surface area contributed by atoms with Gasteiger partial charge in [-0.2, -0.15) is 0 Å². The summed E-state index contributed by atoms with van der Waals surface area (Å²) >= 11 is 0. The van der Waals surface area contributed by atoms with Crippen LogP contribution in [0, 0.1) is 11.8 Å². The van der Waals surface area contributed by atoms with Gasteiger partial charge in [0.25, 0.3) is 0 Å². The molecule has 2 aliphatic heterocycles. The number of fused-ring (bicyclic) bond motifs is 1. The number of hydrogen-bond acceptors (Lipinski definition) is 5. The van der Waals surface area contributed by atoms with Crippen LogP contribution in [-0.4, -0.2) is 67.1 Å². The Morgan fingerprint density at radius 1 is 1.00 bits per heavy atom. The van der Waals surface area contributed by atoms with Gasteiger partial charge >= 0.3 is 0 Å². The lowest BCUT2D eigenvalue weighted by Gasteiger charge is -2.46. The van der Waals surface area contributed by atoms with Crippen LogP contribution in [-0.2, 0) is 32.0 Å². The van der Waals surface area contributed by atoms with E-state index in [0.29, 0.717) is 25.2 Å². The minimum atomic E-state index is -0.912. The summed E-state index contributed by atoms with van der Waals surface area (Å²) in [5, 5.41) is 6.13. The highest BCUT2D eigenvalue weighted by molar-refractivity contribution is 6.00. The number of benzene rings is 2. The van der Waals surface area contributed by atoms with Crippen LogP contribution in [0.4, 0.5) is 5.69 Å². The first-order valence-corrected chi connectivity index (χ1v) is 14.7. The Balaban J connectivity index is 1.52. The number of rotatable bonds is 8. The van der Waals surface area contributed by atoms with Gasteiger partial charge in [0.05, 0.1) is 13.2 Å². The Morgan fingerprint density at radius 3 is 2.20 bits per heavy atom. The second kappa shape index (κ2) is 12.0. The van der Waals surface area contributed by atoms with Crippen molar-refractivity contribution < 1.29 is 19.1 Å². The third-order valence-electron chi connectivity index (χ3n) is 8.67. The lowest BCUT2D eigenvalue weighted by molar-refractivity contribution is -0.159. The number of carbonyl (C=O) groups excluding carboxylic acids is 3. The summed E-state index contributed by atoms with van der Waals surface area (Å²) in [6.07, 6.45) is 2.16. The van der Waals surface area contributed by atoms with Crippen molar-refractivity contribution >= 4 is 23.4 Å². The molecule has 0 aromatic heterocycles.